The van der Waals surface area contributed by atoms with Crippen LogP contribution in [0.3, 0.4) is 0 Å². The number of carbonyl (C=O) groups is 2. The molecule has 0 aliphatic heterocycles. The number of amides is 2. The van der Waals surface area contributed by atoms with Crippen LogP contribution >= 0.6 is 0 Å². The number of nitrogens with zero attached hydrogens (tertiary/aromatic N) is 2. The molecule has 24 heavy (non-hydrogen) atoms. The molecule has 5 nitrogen and oxygen atoms in total. The summed E-state index contributed by atoms with van der Waals surface area (Å²) in [4.78, 5) is 29.8. The standard InChI is InChI=1S/C19H23N3O2/c1-14-6-4-7-15(2)19(14)21-17(23)13-22(3)18(24)10-9-16-8-5-11-20-12-16/h4-8,11-12H,9-10,13H2,1-3H3,(H,21,23). The van der Waals surface area contributed by atoms with Crippen molar-refractivity contribution in [3.63, 3.8) is 0 Å². The molecule has 2 aromatic rings. The van der Waals surface area contributed by atoms with Gasteiger partial charge >= 0.3 is 0 Å². The number of aryl methyl sites for hydroxylation is 3. The monoisotopic (exact) mass is 325 g/mol. The van der Waals surface area contributed by atoms with Gasteiger partial charge in [-0.2, -0.15) is 0 Å². The largest absolute Gasteiger partial charge is 0.336 e. The Balaban J connectivity index is 1.85. The topological polar surface area (TPSA) is 62.3 Å². The van der Waals surface area contributed by atoms with Crippen molar-refractivity contribution in [3.05, 3.63) is 59.4 Å². The van der Waals surface area contributed by atoms with Gasteiger partial charge in [-0.05, 0) is 43.0 Å². The average Bonchev–Trinajstić information content (AvgIpc) is 2.57. The number of pyridine rings is 1. The minimum absolute atomic E-state index is 0.0413. The molecule has 1 aromatic heterocycles. The molecule has 5 heteroatoms. The predicted molar refractivity (Wildman–Crippen MR) is 94.7 cm³/mol. The van der Waals surface area contributed by atoms with Gasteiger partial charge in [0.1, 0.15) is 0 Å². The van der Waals surface area contributed by atoms with E-state index in [-0.39, 0.29) is 18.4 Å². The van der Waals surface area contributed by atoms with E-state index >= 15 is 0 Å². The number of hydrogen-bond donors (Lipinski definition) is 1. The highest BCUT2D eigenvalue weighted by atomic mass is 16.2. The molecule has 0 spiro atoms. The molecule has 1 heterocycles. The molecule has 0 saturated heterocycles. The molecule has 126 valence electrons. The van der Waals surface area contributed by atoms with Crippen LogP contribution in [0.1, 0.15) is 23.1 Å². The smallest absolute Gasteiger partial charge is 0.243 e. The van der Waals surface area contributed by atoms with Crippen LogP contribution in [0, 0.1) is 13.8 Å². The van der Waals surface area contributed by atoms with E-state index in [1.807, 2.05) is 44.2 Å². The summed E-state index contributed by atoms with van der Waals surface area (Å²) in [5.74, 6) is -0.250. The lowest BCUT2D eigenvalue weighted by Crippen LogP contribution is -2.35. The van der Waals surface area contributed by atoms with Crippen LogP contribution in [0.5, 0.6) is 0 Å². The minimum atomic E-state index is -0.190. The molecule has 0 unspecified atom stereocenters. The van der Waals surface area contributed by atoms with Crippen molar-refractivity contribution in [2.45, 2.75) is 26.7 Å². The number of likely N-dealkylation sites (N-methyl/N-ethyl adjacent to an activating group) is 1. The van der Waals surface area contributed by atoms with Crippen LogP contribution in [-0.2, 0) is 16.0 Å². The van der Waals surface area contributed by atoms with Gasteiger partial charge in [-0.15, -0.1) is 0 Å². The quantitative estimate of drug-likeness (QED) is 0.888. The molecule has 0 fully saturated rings. The third kappa shape index (κ3) is 4.91. The maximum atomic E-state index is 12.2. The molecule has 0 atom stereocenters. The van der Waals surface area contributed by atoms with Crippen molar-refractivity contribution in [2.24, 2.45) is 0 Å². The van der Waals surface area contributed by atoms with Crippen molar-refractivity contribution in [3.8, 4) is 0 Å². The van der Waals surface area contributed by atoms with Crippen LogP contribution in [0.2, 0.25) is 0 Å². The van der Waals surface area contributed by atoms with Crippen molar-refractivity contribution in [1.29, 1.82) is 0 Å². The van der Waals surface area contributed by atoms with Gasteiger partial charge in [0.25, 0.3) is 0 Å². The normalized spacial score (nSPS) is 10.3. The number of para-hydroxylation sites is 1. The fourth-order valence-corrected chi connectivity index (χ4v) is 2.48. The number of rotatable bonds is 6. The van der Waals surface area contributed by atoms with Gasteiger partial charge in [-0.3, -0.25) is 14.6 Å². The number of aromatic nitrogens is 1. The van der Waals surface area contributed by atoms with Crippen LogP contribution in [0.25, 0.3) is 0 Å². The van der Waals surface area contributed by atoms with Gasteiger partial charge in [0.05, 0.1) is 6.54 Å². The molecule has 0 saturated carbocycles. The lowest BCUT2D eigenvalue weighted by atomic mass is 10.1. The lowest BCUT2D eigenvalue weighted by Gasteiger charge is -2.18. The van der Waals surface area contributed by atoms with E-state index < -0.39 is 0 Å². The average molecular weight is 325 g/mol. The van der Waals surface area contributed by atoms with Gasteiger partial charge in [0, 0.05) is 31.5 Å². The van der Waals surface area contributed by atoms with E-state index in [1.165, 1.54) is 4.90 Å². The Bertz CT molecular complexity index is 694. The second kappa shape index (κ2) is 8.24. The summed E-state index contributed by atoms with van der Waals surface area (Å²) in [6.07, 6.45) is 4.44. The molecule has 0 bridgehead atoms. The van der Waals surface area contributed by atoms with Crippen molar-refractivity contribution >= 4 is 17.5 Å². The highest BCUT2D eigenvalue weighted by molar-refractivity contribution is 5.95. The van der Waals surface area contributed by atoms with E-state index in [0.717, 1.165) is 22.4 Å². The van der Waals surface area contributed by atoms with Crippen LogP contribution in [0.15, 0.2) is 42.7 Å². The second-order valence-electron chi connectivity index (χ2n) is 5.93. The fraction of sp³-hybridized carbons (Fsp3) is 0.316. The number of hydrogen-bond acceptors (Lipinski definition) is 3. The fourth-order valence-electron chi connectivity index (χ4n) is 2.48. The Morgan fingerprint density at radius 2 is 1.83 bits per heavy atom. The zero-order chi connectivity index (χ0) is 17.5. The molecule has 2 rings (SSSR count). The Kier molecular flexibility index (Phi) is 6.07. The molecule has 0 radical (unpaired) electrons. The molecular weight excluding hydrogens is 302 g/mol. The molecule has 1 aromatic carbocycles. The SMILES string of the molecule is Cc1cccc(C)c1NC(=O)CN(C)C(=O)CCc1cccnc1. The summed E-state index contributed by atoms with van der Waals surface area (Å²) in [5.41, 5.74) is 3.85. The zero-order valence-corrected chi connectivity index (χ0v) is 14.4. The first kappa shape index (κ1) is 17.7. The maximum absolute atomic E-state index is 12.2. The van der Waals surface area contributed by atoms with Crippen LogP contribution in [0.4, 0.5) is 5.69 Å². The third-order valence-corrected chi connectivity index (χ3v) is 3.90. The van der Waals surface area contributed by atoms with E-state index in [0.29, 0.717) is 12.8 Å². The molecule has 1 N–H and O–H groups in total. The predicted octanol–water partition coefficient (Wildman–Crippen LogP) is 2.73. The third-order valence-electron chi connectivity index (χ3n) is 3.90. The summed E-state index contributed by atoms with van der Waals surface area (Å²) in [5, 5.41) is 2.90. The maximum Gasteiger partial charge on any atom is 0.243 e. The van der Waals surface area contributed by atoms with E-state index in [4.69, 9.17) is 0 Å². The molecule has 0 aliphatic carbocycles. The minimum Gasteiger partial charge on any atom is -0.336 e. The number of anilines is 1. The van der Waals surface area contributed by atoms with Gasteiger partial charge in [0.2, 0.25) is 11.8 Å². The summed E-state index contributed by atoms with van der Waals surface area (Å²) in [6.45, 7) is 3.94. The Labute approximate surface area is 142 Å². The number of carbonyl (C=O) groups excluding carboxylic acids is 2. The van der Waals surface area contributed by atoms with E-state index in [9.17, 15) is 9.59 Å². The van der Waals surface area contributed by atoms with Crippen LogP contribution < -0.4 is 5.32 Å². The van der Waals surface area contributed by atoms with Gasteiger partial charge in [0.15, 0.2) is 0 Å². The summed E-state index contributed by atoms with van der Waals surface area (Å²) < 4.78 is 0. The van der Waals surface area contributed by atoms with Crippen molar-refractivity contribution in [2.75, 3.05) is 18.9 Å². The number of benzene rings is 1. The highest BCUT2D eigenvalue weighted by Gasteiger charge is 2.14. The van der Waals surface area contributed by atoms with Crippen molar-refractivity contribution < 1.29 is 9.59 Å². The van der Waals surface area contributed by atoms with Gasteiger partial charge in [-0.1, -0.05) is 24.3 Å². The molecule has 2 amide bonds. The second-order valence-corrected chi connectivity index (χ2v) is 5.93. The Morgan fingerprint density at radius 1 is 1.12 bits per heavy atom. The lowest BCUT2D eigenvalue weighted by molar-refractivity contribution is -0.133. The summed E-state index contributed by atoms with van der Waals surface area (Å²) >= 11 is 0. The Hall–Kier alpha value is -2.69. The first-order chi connectivity index (χ1) is 11.5. The highest BCUT2D eigenvalue weighted by Crippen LogP contribution is 2.19. The first-order valence-corrected chi connectivity index (χ1v) is 7.96. The molecular formula is C19H23N3O2. The number of nitrogens with one attached hydrogen (secondary N) is 1. The first-order valence-electron chi connectivity index (χ1n) is 7.96. The van der Waals surface area contributed by atoms with Crippen LogP contribution in [-0.4, -0.2) is 35.3 Å². The molecule has 0 aliphatic rings. The summed E-state index contributed by atoms with van der Waals surface area (Å²) in [7, 11) is 1.65. The van der Waals surface area contributed by atoms with E-state index in [2.05, 4.69) is 10.3 Å². The van der Waals surface area contributed by atoms with Crippen molar-refractivity contribution in [1.82, 2.24) is 9.88 Å². The van der Waals surface area contributed by atoms with E-state index in [1.54, 1.807) is 19.4 Å². The van der Waals surface area contributed by atoms with Gasteiger partial charge in [-0.25, -0.2) is 0 Å². The Morgan fingerprint density at radius 3 is 2.46 bits per heavy atom. The van der Waals surface area contributed by atoms with Gasteiger partial charge < -0.3 is 10.2 Å². The summed E-state index contributed by atoms with van der Waals surface area (Å²) in [6, 6.07) is 9.64. The zero-order valence-electron chi connectivity index (χ0n) is 14.4.